The van der Waals surface area contributed by atoms with Crippen LogP contribution < -0.4 is 4.74 Å². The molecule has 0 aliphatic heterocycles. The summed E-state index contributed by atoms with van der Waals surface area (Å²) in [5.41, 5.74) is 0. The second kappa shape index (κ2) is 5.20. The number of rotatable bonds is 4. The number of thiophene rings is 1. The summed E-state index contributed by atoms with van der Waals surface area (Å²) in [6.45, 7) is 0. The van der Waals surface area contributed by atoms with Crippen LogP contribution in [0.25, 0.3) is 0 Å². The molecule has 0 spiro atoms. The summed E-state index contributed by atoms with van der Waals surface area (Å²) >= 11 is 2.62. The number of ether oxygens (including phenoxy) is 1. The Morgan fingerprint density at radius 1 is 1.53 bits per heavy atom. The van der Waals surface area contributed by atoms with Crippen LogP contribution in [0.15, 0.2) is 39.6 Å². The van der Waals surface area contributed by atoms with Crippen molar-refractivity contribution in [1.82, 2.24) is 4.98 Å². The van der Waals surface area contributed by atoms with Gasteiger partial charge in [0.2, 0.25) is 5.88 Å². The van der Waals surface area contributed by atoms with Gasteiger partial charge in [0.05, 0.1) is 7.11 Å². The molecule has 2 heterocycles. The smallest absolute Gasteiger partial charge is 0.345 e. The second-order valence-electron chi connectivity index (χ2n) is 3.07. The third-order valence-corrected chi connectivity index (χ3v) is 3.89. The van der Waals surface area contributed by atoms with Crippen LogP contribution in [0.5, 0.6) is 5.88 Å². The molecule has 0 atom stereocenters. The molecule has 0 saturated heterocycles. The van der Waals surface area contributed by atoms with Gasteiger partial charge in [0.25, 0.3) is 0 Å². The highest BCUT2D eigenvalue weighted by Crippen LogP contribution is 2.30. The number of nitrogens with zero attached hydrogens (tertiary/aromatic N) is 1. The summed E-state index contributed by atoms with van der Waals surface area (Å²) in [5, 5.41) is 11.4. The first-order valence-electron chi connectivity index (χ1n) is 4.70. The zero-order valence-electron chi connectivity index (χ0n) is 8.91. The number of carboxylic acid groups (broad SMARTS) is 1. The van der Waals surface area contributed by atoms with Gasteiger partial charge < -0.3 is 9.84 Å². The van der Waals surface area contributed by atoms with Crippen LogP contribution in [0.3, 0.4) is 0 Å². The summed E-state index contributed by atoms with van der Waals surface area (Å²) < 4.78 is 5.02. The van der Waals surface area contributed by atoms with Gasteiger partial charge in [-0.1, -0.05) is 17.8 Å². The summed E-state index contributed by atoms with van der Waals surface area (Å²) in [6.07, 6.45) is 0. The van der Waals surface area contributed by atoms with Crippen LogP contribution >= 0.6 is 23.1 Å². The van der Waals surface area contributed by atoms with Crippen LogP contribution in [-0.2, 0) is 0 Å². The van der Waals surface area contributed by atoms with E-state index in [1.165, 1.54) is 23.1 Å². The van der Waals surface area contributed by atoms with Crippen LogP contribution in [0.1, 0.15) is 9.67 Å². The van der Waals surface area contributed by atoms with Crippen LogP contribution in [0, 0.1) is 0 Å². The average molecular weight is 267 g/mol. The van der Waals surface area contributed by atoms with Gasteiger partial charge in [0, 0.05) is 16.3 Å². The van der Waals surface area contributed by atoms with Crippen molar-refractivity contribution in [2.75, 3.05) is 7.11 Å². The van der Waals surface area contributed by atoms with E-state index in [0.29, 0.717) is 10.8 Å². The number of carboxylic acids is 1. The Morgan fingerprint density at radius 3 is 3.00 bits per heavy atom. The molecule has 88 valence electrons. The van der Waals surface area contributed by atoms with Crippen molar-refractivity contribution < 1.29 is 14.6 Å². The lowest BCUT2D eigenvalue weighted by molar-refractivity contribution is 0.0702. The Hall–Kier alpha value is -1.53. The van der Waals surface area contributed by atoms with Crippen molar-refractivity contribution in [3.8, 4) is 5.88 Å². The molecule has 0 bridgehead atoms. The number of hydrogen-bond acceptors (Lipinski definition) is 5. The third kappa shape index (κ3) is 2.98. The Balaban J connectivity index is 2.16. The van der Waals surface area contributed by atoms with E-state index in [9.17, 15) is 4.79 Å². The quantitative estimate of drug-likeness (QED) is 0.922. The zero-order chi connectivity index (χ0) is 12.3. The minimum absolute atomic E-state index is 0.329. The van der Waals surface area contributed by atoms with Gasteiger partial charge in [-0.2, -0.15) is 0 Å². The predicted molar refractivity (Wildman–Crippen MR) is 66.2 cm³/mol. The fourth-order valence-electron chi connectivity index (χ4n) is 1.17. The molecule has 4 nitrogen and oxygen atoms in total. The second-order valence-corrected chi connectivity index (χ2v) is 5.08. The third-order valence-electron chi connectivity index (χ3n) is 1.92. The Morgan fingerprint density at radius 2 is 2.35 bits per heavy atom. The van der Waals surface area contributed by atoms with Gasteiger partial charge in [0.15, 0.2) is 0 Å². The first-order chi connectivity index (χ1) is 8.19. The van der Waals surface area contributed by atoms with Gasteiger partial charge in [0.1, 0.15) is 9.90 Å². The maximum atomic E-state index is 10.7. The van der Waals surface area contributed by atoms with Crippen molar-refractivity contribution in [1.29, 1.82) is 0 Å². The van der Waals surface area contributed by atoms with E-state index in [-0.39, 0.29) is 0 Å². The molecule has 0 fully saturated rings. The molecule has 0 saturated carbocycles. The minimum Gasteiger partial charge on any atom is -0.481 e. The maximum Gasteiger partial charge on any atom is 0.345 e. The normalized spacial score (nSPS) is 10.2. The fourth-order valence-corrected chi connectivity index (χ4v) is 2.89. The summed E-state index contributed by atoms with van der Waals surface area (Å²) in [4.78, 5) is 16.2. The largest absolute Gasteiger partial charge is 0.481 e. The van der Waals surface area contributed by atoms with E-state index < -0.39 is 5.97 Å². The lowest BCUT2D eigenvalue weighted by atomic mass is 10.5. The monoisotopic (exact) mass is 267 g/mol. The molecule has 0 aliphatic rings. The van der Waals surface area contributed by atoms with Gasteiger partial charge in [-0.25, -0.2) is 9.78 Å². The Bertz CT molecular complexity index is 539. The lowest BCUT2D eigenvalue weighted by Crippen LogP contribution is -1.90. The minimum atomic E-state index is -0.902. The number of hydrogen-bond donors (Lipinski definition) is 1. The number of aromatic nitrogens is 1. The zero-order valence-corrected chi connectivity index (χ0v) is 10.5. The molecule has 2 aromatic heterocycles. The van der Waals surface area contributed by atoms with E-state index in [1.54, 1.807) is 24.6 Å². The molecule has 0 radical (unpaired) electrons. The molecular formula is C11H9NO3S2. The molecule has 17 heavy (non-hydrogen) atoms. The molecule has 6 heteroatoms. The van der Waals surface area contributed by atoms with E-state index in [4.69, 9.17) is 9.84 Å². The van der Waals surface area contributed by atoms with Crippen molar-refractivity contribution >= 4 is 29.1 Å². The standard InChI is InChI=1S/C11H9NO3S2/c1-15-9-3-2-4-10(12-9)17-7-5-8(11(13)14)16-6-7/h2-6H,1H3,(H,13,14). The summed E-state index contributed by atoms with van der Waals surface area (Å²) in [5.74, 6) is -0.357. The van der Waals surface area contributed by atoms with Crippen molar-refractivity contribution in [2.45, 2.75) is 9.92 Å². The number of methoxy groups -OCH3 is 1. The van der Waals surface area contributed by atoms with Gasteiger partial charge >= 0.3 is 5.97 Å². The van der Waals surface area contributed by atoms with Crippen LogP contribution in [0.2, 0.25) is 0 Å². The SMILES string of the molecule is COc1cccc(Sc2csc(C(=O)O)c2)n1. The number of carbonyl (C=O) groups is 1. The van der Waals surface area contributed by atoms with Crippen LogP contribution in [-0.4, -0.2) is 23.2 Å². The molecular weight excluding hydrogens is 258 g/mol. The van der Waals surface area contributed by atoms with Gasteiger partial charge in [-0.3, -0.25) is 0 Å². The molecule has 0 aliphatic carbocycles. The molecule has 2 aromatic rings. The summed E-state index contributed by atoms with van der Waals surface area (Å²) in [7, 11) is 1.56. The molecule has 0 unspecified atom stereocenters. The first-order valence-corrected chi connectivity index (χ1v) is 6.39. The van der Waals surface area contributed by atoms with Crippen molar-refractivity contribution in [3.05, 3.63) is 34.5 Å². The topological polar surface area (TPSA) is 59.4 Å². The highest BCUT2D eigenvalue weighted by Gasteiger charge is 2.08. The molecule has 0 amide bonds. The highest BCUT2D eigenvalue weighted by molar-refractivity contribution is 7.99. The average Bonchev–Trinajstić information content (AvgIpc) is 2.78. The Kier molecular flexibility index (Phi) is 3.65. The van der Waals surface area contributed by atoms with E-state index >= 15 is 0 Å². The van der Waals surface area contributed by atoms with E-state index in [1.807, 2.05) is 12.1 Å². The fraction of sp³-hybridized carbons (Fsp3) is 0.0909. The number of pyridine rings is 1. The van der Waals surface area contributed by atoms with Crippen molar-refractivity contribution in [2.24, 2.45) is 0 Å². The summed E-state index contributed by atoms with van der Waals surface area (Å²) in [6, 6.07) is 7.10. The molecule has 0 aromatic carbocycles. The Labute approximate surface area is 106 Å². The van der Waals surface area contributed by atoms with Gasteiger partial charge in [-0.05, 0) is 12.1 Å². The van der Waals surface area contributed by atoms with Gasteiger partial charge in [-0.15, -0.1) is 11.3 Å². The molecule has 2 rings (SSSR count). The maximum absolute atomic E-state index is 10.7. The van der Waals surface area contributed by atoms with Crippen LogP contribution in [0.4, 0.5) is 0 Å². The lowest BCUT2D eigenvalue weighted by Gasteiger charge is -2.01. The van der Waals surface area contributed by atoms with Crippen molar-refractivity contribution in [3.63, 3.8) is 0 Å². The number of aromatic carboxylic acids is 1. The van der Waals surface area contributed by atoms with E-state index in [2.05, 4.69) is 4.98 Å². The molecule has 1 N–H and O–H groups in total. The van der Waals surface area contributed by atoms with E-state index in [0.717, 1.165) is 9.92 Å². The first kappa shape index (κ1) is 11.9. The predicted octanol–water partition coefficient (Wildman–Crippen LogP) is 3.00. The highest BCUT2D eigenvalue weighted by atomic mass is 32.2.